The molecule has 0 bridgehead atoms. The summed E-state index contributed by atoms with van der Waals surface area (Å²) in [5, 5.41) is 5.25. The second-order valence-corrected chi connectivity index (χ2v) is 3.99. The van der Waals surface area contributed by atoms with Gasteiger partial charge in [0.05, 0.1) is 5.25 Å². The Bertz CT molecular complexity index is 251. The van der Waals surface area contributed by atoms with E-state index in [0.717, 1.165) is 6.21 Å². The van der Waals surface area contributed by atoms with Crippen LogP contribution in [0.1, 0.15) is 6.92 Å². The molecule has 70 valence electrons. The van der Waals surface area contributed by atoms with Crippen LogP contribution in [-0.4, -0.2) is 34.2 Å². The first-order chi connectivity index (χ1) is 5.45. The maximum Gasteiger partial charge on any atom is 0.239 e. The molecule has 0 aliphatic rings. The highest BCUT2D eigenvalue weighted by Crippen LogP contribution is 1.89. The Morgan fingerprint density at radius 2 is 2.08 bits per heavy atom. The number of rotatable bonds is 2. The lowest BCUT2D eigenvalue weighted by atomic mass is 10.5. The van der Waals surface area contributed by atoms with Crippen LogP contribution in [-0.2, 0) is 22.2 Å². The molecule has 8 heteroatoms. The molecule has 0 saturated carbocycles. The molecule has 0 fully saturated rings. The van der Waals surface area contributed by atoms with E-state index < -0.39 is 32.6 Å². The highest BCUT2D eigenvalue weighted by atomic mass is 32.2. The molecule has 0 heterocycles. The molecule has 3 unspecified atom stereocenters. The van der Waals surface area contributed by atoms with Crippen LogP contribution in [0.3, 0.4) is 0 Å². The topological polar surface area (TPSA) is 111 Å². The van der Waals surface area contributed by atoms with Gasteiger partial charge >= 0.3 is 0 Å². The van der Waals surface area contributed by atoms with Crippen molar-refractivity contribution in [1.29, 1.82) is 5.41 Å². The largest absolute Gasteiger partial charge is 0.306 e. The molecule has 0 aromatic carbocycles. The highest BCUT2D eigenvalue weighted by Gasteiger charge is 2.05. The maximum atomic E-state index is 10.3. The Kier molecular flexibility index (Phi) is 5.06. The van der Waals surface area contributed by atoms with Gasteiger partial charge in [0.1, 0.15) is 0 Å². The molecule has 3 N–H and O–H groups in total. The first-order valence-corrected chi connectivity index (χ1v) is 5.06. The van der Waals surface area contributed by atoms with Gasteiger partial charge in [-0.25, -0.2) is 13.4 Å². The van der Waals surface area contributed by atoms with Crippen LogP contribution >= 0.6 is 0 Å². The Morgan fingerprint density at radius 1 is 1.58 bits per heavy atom. The lowest BCUT2D eigenvalue weighted by Gasteiger charge is -1.96. The summed E-state index contributed by atoms with van der Waals surface area (Å²) in [5.41, 5.74) is 0. The third kappa shape index (κ3) is 4.44. The summed E-state index contributed by atoms with van der Waals surface area (Å²) in [5.74, 6) is 0. The molecule has 0 saturated heterocycles. The monoisotopic (exact) mass is 212 g/mol. The second-order valence-electron chi connectivity index (χ2n) is 1.81. The number of nitrogens with zero attached hydrogens (tertiary/aromatic N) is 1. The van der Waals surface area contributed by atoms with Crippen molar-refractivity contribution in [3.63, 3.8) is 0 Å². The van der Waals surface area contributed by atoms with Crippen LogP contribution in [0.2, 0.25) is 0 Å². The molecule has 0 aromatic rings. The van der Waals surface area contributed by atoms with Crippen molar-refractivity contribution in [2.24, 2.45) is 4.99 Å². The molecule has 0 aliphatic heterocycles. The number of hydrogen-bond acceptors (Lipinski definition) is 3. The van der Waals surface area contributed by atoms with Crippen molar-refractivity contribution in [3.05, 3.63) is 0 Å². The molecule has 0 aromatic heterocycles. The zero-order chi connectivity index (χ0) is 9.72. The molecule has 3 atom stereocenters. The number of nitrogens with one attached hydrogen (secondary N) is 1. The summed E-state index contributed by atoms with van der Waals surface area (Å²) in [6, 6.07) is 0. The molecule has 0 amide bonds. The maximum absolute atomic E-state index is 10.3. The van der Waals surface area contributed by atoms with Crippen LogP contribution in [0.15, 0.2) is 4.99 Å². The van der Waals surface area contributed by atoms with Gasteiger partial charge < -0.3 is 4.55 Å². The SMILES string of the molecule is CC(C=NC(=N)S(=O)O)S(=O)O. The summed E-state index contributed by atoms with van der Waals surface area (Å²) >= 11 is -4.50. The number of aliphatic imine (C=N–C) groups is 1. The van der Waals surface area contributed by atoms with Crippen LogP contribution in [0.4, 0.5) is 0 Å². The van der Waals surface area contributed by atoms with Crippen molar-refractivity contribution in [1.82, 2.24) is 0 Å². The Balaban J connectivity index is 4.16. The first-order valence-electron chi connectivity index (χ1n) is 2.78. The van der Waals surface area contributed by atoms with E-state index in [0.29, 0.717) is 0 Å². The van der Waals surface area contributed by atoms with Crippen molar-refractivity contribution >= 4 is 33.5 Å². The average molecular weight is 212 g/mol. The van der Waals surface area contributed by atoms with Crippen molar-refractivity contribution in [3.8, 4) is 0 Å². The quantitative estimate of drug-likeness (QED) is 0.335. The molecule has 0 radical (unpaired) electrons. The van der Waals surface area contributed by atoms with Crippen LogP contribution in [0.5, 0.6) is 0 Å². The summed E-state index contributed by atoms with van der Waals surface area (Å²) in [7, 11) is 0. The van der Waals surface area contributed by atoms with Gasteiger partial charge in [0.15, 0.2) is 11.1 Å². The highest BCUT2D eigenvalue weighted by molar-refractivity contribution is 7.95. The normalized spacial score (nSPS) is 18.9. The van der Waals surface area contributed by atoms with E-state index in [-0.39, 0.29) is 0 Å². The molecular weight excluding hydrogens is 204 g/mol. The molecule has 0 aliphatic carbocycles. The van der Waals surface area contributed by atoms with Crippen molar-refractivity contribution < 1.29 is 17.5 Å². The van der Waals surface area contributed by atoms with E-state index in [4.69, 9.17) is 14.5 Å². The molecular formula is C4H8N2O4S2. The van der Waals surface area contributed by atoms with Gasteiger partial charge in [0.25, 0.3) is 0 Å². The average Bonchev–Trinajstić information content (AvgIpc) is 1.98. The zero-order valence-electron chi connectivity index (χ0n) is 6.13. The minimum atomic E-state index is -2.44. The minimum Gasteiger partial charge on any atom is -0.306 e. The zero-order valence-corrected chi connectivity index (χ0v) is 7.76. The molecule has 0 rings (SSSR count). The van der Waals surface area contributed by atoms with Crippen LogP contribution in [0, 0.1) is 5.41 Å². The van der Waals surface area contributed by atoms with E-state index in [2.05, 4.69) is 4.99 Å². The summed E-state index contributed by atoms with van der Waals surface area (Å²) < 4.78 is 37.1. The van der Waals surface area contributed by atoms with Gasteiger partial charge in [-0.05, 0) is 6.92 Å². The number of amidine groups is 1. The fourth-order valence-corrected chi connectivity index (χ4v) is 0.586. The predicted molar refractivity (Wildman–Crippen MR) is 47.2 cm³/mol. The summed E-state index contributed by atoms with van der Waals surface area (Å²) in [6.45, 7) is 1.40. The van der Waals surface area contributed by atoms with Gasteiger partial charge in [0, 0.05) is 6.21 Å². The van der Waals surface area contributed by atoms with E-state index >= 15 is 0 Å². The smallest absolute Gasteiger partial charge is 0.239 e. The first kappa shape index (κ1) is 11.6. The molecule has 6 nitrogen and oxygen atoms in total. The van der Waals surface area contributed by atoms with Crippen LogP contribution in [0.25, 0.3) is 0 Å². The van der Waals surface area contributed by atoms with Gasteiger partial charge in [-0.1, -0.05) is 0 Å². The van der Waals surface area contributed by atoms with E-state index in [1.807, 2.05) is 0 Å². The number of hydrogen-bond donors (Lipinski definition) is 3. The van der Waals surface area contributed by atoms with Gasteiger partial charge in [-0.2, -0.15) is 0 Å². The molecule has 12 heavy (non-hydrogen) atoms. The lowest BCUT2D eigenvalue weighted by molar-refractivity contribution is 0.561. The fraction of sp³-hybridized carbons (Fsp3) is 0.500. The third-order valence-corrected chi connectivity index (χ3v) is 2.08. The Labute approximate surface area is 74.2 Å². The standard InChI is InChI=1S/C4H8N2O4S2/c1-3(11(7)8)2-6-4(5)12(9)10/h2-3,5H,1H3,(H,7,8)(H,9,10). The Hall–Kier alpha value is -0.440. The van der Waals surface area contributed by atoms with E-state index in [9.17, 15) is 8.42 Å². The Morgan fingerprint density at radius 3 is 2.42 bits per heavy atom. The lowest BCUT2D eigenvalue weighted by Crippen LogP contribution is -2.12. The van der Waals surface area contributed by atoms with Crippen LogP contribution < -0.4 is 0 Å². The van der Waals surface area contributed by atoms with Crippen molar-refractivity contribution in [2.45, 2.75) is 12.2 Å². The summed E-state index contributed by atoms with van der Waals surface area (Å²) in [6.07, 6.45) is 0.979. The van der Waals surface area contributed by atoms with Gasteiger partial charge in [-0.3, -0.25) is 9.96 Å². The van der Waals surface area contributed by atoms with Crippen molar-refractivity contribution in [2.75, 3.05) is 0 Å². The van der Waals surface area contributed by atoms with E-state index in [1.165, 1.54) is 6.92 Å². The van der Waals surface area contributed by atoms with Gasteiger partial charge in [-0.15, -0.1) is 0 Å². The summed E-state index contributed by atoms with van der Waals surface area (Å²) in [4.78, 5) is 3.20. The molecule has 0 spiro atoms. The predicted octanol–water partition coefficient (Wildman–Crippen LogP) is -0.176. The second kappa shape index (κ2) is 5.25. The van der Waals surface area contributed by atoms with E-state index in [1.54, 1.807) is 0 Å². The minimum absolute atomic E-state index is 0.743. The van der Waals surface area contributed by atoms with Gasteiger partial charge in [0.2, 0.25) is 16.2 Å². The fourth-order valence-electron chi connectivity index (χ4n) is 0.270. The third-order valence-electron chi connectivity index (χ3n) is 0.885.